The van der Waals surface area contributed by atoms with E-state index in [0.717, 1.165) is 5.56 Å². The number of carbonyl (C=O) groups is 1. The molecule has 2 rings (SSSR count). The van der Waals surface area contributed by atoms with Gasteiger partial charge in [-0.3, -0.25) is 4.79 Å². The monoisotopic (exact) mass is 295 g/mol. The summed E-state index contributed by atoms with van der Waals surface area (Å²) in [6.45, 7) is 7.77. The van der Waals surface area contributed by atoms with Gasteiger partial charge in [0, 0.05) is 17.1 Å². The number of rotatable bonds is 3. The molecule has 0 aliphatic carbocycles. The highest BCUT2D eigenvalue weighted by atomic mass is 32.1. The normalized spacial score (nSPS) is 22.6. The van der Waals surface area contributed by atoms with Crippen molar-refractivity contribution in [3.63, 3.8) is 0 Å². The van der Waals surface area contributed by atoms with Gasteiger partial charge in [0.2, 0.25) is 5.91 Å². The summed E-state index contributed by atoms with van der Waals surface area (Å²) >= 11 is 1.60. The van der Waals surface area contributed by atoms with Crippen LogP contribution in [0.2, 0.25) is 0 Å². The first-order valence-electron chi connectivity index (χ1n) is 6.99. The first-order chi connectivity index (χ1) is 9.21. The number of nitrogens with one attached hydrogen (secondary N) is 1. The van der Waals surface area contributed by atoms with Gasteiger partial charge in [-0.2, -0.15) is 11.3 Å². The van der Waals surface area contributed by atoms with Gasteiger partial charge in [-0.25, -0.2) is 0 Å². The molecule has 1 N–H and O–H groups in total. The highest BCUT2D eigenvalue weighted by Gasteiger charge is 2.46. The van der Waals surface area contributed by atoms with Crippen LogP contribution < -0.4 is 5.32 Å². The van der Waals surface area contributed by atoms with Crippen molar-refractivity contribution in [1.29, 1.82) is 0 Å². The maximum atomic E-state index is 12.3. The molecule has 1 aromatic heterocycles. The predicted octanol–water partition coefficient (Wildman–Crippen LogP) is 2.77. The molecule has 1 aromatic rings. The van der Waals surface area contributed by atoms with E-state index < -0.39 is 11.1 Å². The van der Waals surface area contributed by atoms with Gasteiger partial charge in [-0.05, 0) is 62.9 Å². The molecule has 1 radical (unpaired) electrons. The van der Waals surface area contributed by atoms with E-state index in [0.29, 0.717) is 19.3 Å². The Morgan fingerprint density at radius 1 is 1.35 bits per heavy atom. The lowest BCUT2D eigenvalue weighted by molar-refractivity contribution is -0.290. The Labute approximate surface area is 124 Å². The number of amides is 1. The Hall–Kier alpha value is -0.910. The van der Waals surface area contributed by atoms with E-state index >= 15 is 0 Å². The van der Waals surface area contributed by atoms with Crippen molar-refractivity contribution < 1.29 is 10.0 Å². The van der Waals surface area contributed by atoms with Crippen molar-refractivity contribution in [3.05, 3.63) is 22.4 Å². The third-order valence-electron chi connectivity index (χ3n) is 3.90. The topological polar surface area (TPSA) is 52.2 Å². The zero-order valence-electron chi connectivity index (χ0n) is 12.6. The minimum absolute atomic E-state index is 0.0411. The second-order valence-electron chi connectivity index (χ2n) is 6.90. The van der Waals surface area contributed by atoms with Gasteiger partial charge < -0.3 is 5.32 Å². The van der Waals surface area contributed by atoms with Gasteiger partial charge in [0.05, 0.1) is 6.42 Å². The Morgan fingerprint density at radius 2 is 1.95 bits per heavy atom. The minimum atomic E-state index is -0.442. The van der Waals surface area contributed by atoms with Crippen LogP contribution in [0.25, 0.3) is 0 Å². The van der Waals surface area contributed by atoms with Crippen LogP contribution in [0.4, 0.5) is 0 Å². The second-order valence-corrected chi connectivity index (χ2v) is 7.68. The number of nitrogens with zero attached hydrogens (tertiary/aromatic N) is 1. The van der Waals surface area contributed by atoms with Crippen LogP contribution in [0.5, 0.6) is 0 Å². The summed E-state index contributed by atoms with van der Waals surface area (Å²) in [7, 11) is 0. The molecular weight excluding hydrogens is 272 g/mol. The third kappa shape index (κ3) is 3.40. The fourth-order valence-electron chi connectivity index (χ4n) is 3.22. The number of thiophene rings is 1. The van der Waals surface area contributed by atoms with E-state index in [-0.39, 0.29) is 11.9 Å². The average molecular weight is 295 g/mol. The van der Waals surface area contributed by atoms with E-state index in [2.05, 4.69) is 5.32 Å². The first-order valence-corrected chi connectivity index (χ1v) is 7.93. The molecule has 0 unspecified atom stereocenters. The van der Waals surface area contributed by atoms with Crippen molar-refractivity contribution in [1.82, 2.24) is 10.4 Å². The van der Waals surface area contributed by atoms with Crippen molar-refractivity contribution >= 4 is 17.2 Å². The minimum Gasteiger partial charge on any atom is -0.353 e. The summed E-state index contributed by atoms with van der Waals surface area (Å²) in [4.78, 5) is 12.1. The maximum Gasteiger partial charge on any atom is 0.224 e. The van der Waals surface area contributed by atoms with Crippen LogP contribution in [0, 0.1) is 0 Å². The van der Waals surface area contributed by atoms with Crippen LogP contribution in [0.3, 0.4) is 0 Å². The first kappa shape index (κ1) is 15.5. The fraction of sp³-hybridized carbons (Fsp3) is 0.667. The Kier molecular flexibility index (Phi) is 4.23. The molecule has 20 heavy (non-hydrogen) atoms. The molecule has 2 heterocycles. The quantitative estimate of drug-likeness (QED) is 0.932. The lowest BCUT2D eigenvalue weighted by Crippen LogP contribution is -2.62. The summed E-state index contributed by atoms with van der Waals surface area (Å²) in [5, 5.41) is 20.5. The number of hydrogen-bond donors (Lipinski definition) is 1. The fourth-order valence-corrected chi connectivity index (χ4v) is 3.89. The number of piperidine rings is 1. The molecule has 4 nitrogen and oxygen atoms in total. The smallest absolute Gasteiger partial charge is 0.224 e. The molecule has 1 saturated heterocycles. The summed E-state index contributed by atoms with van der Waals surface area (Å²) in [5.41, 5.74) is 0.164. The van der Waals surface area contributed by atoms with Gasteiger partial charge in [0.25, 0.3) is 0 Å². The molecule has 1 aliphatic heterocycles. The Morgan fingerprint density at radius 3 is 2.45 bits per heavy atom. The number of hydrogen-bond acceptors (Lipinski definition) is 3. The molecule has 0 bridgehead atoms. The van der Waals surface area contributed by atoms with Crippen molar-refractivity contribution in [2.75, 3.05) is 0 Å². The van der Waals surface area contributed by atoms with Gasteiger partial charge in [0.1, 0.15) is 0 Å². The van der Waals surface area contributed by atoms with E-state index in [4.69, 9.17) is 0 Å². The lowest BCUT2D eigenvalue weighted by atomic mass is 9.79. The predicted molar refractivity (Wildman–Crippen MR) is 79.9 cm³/mol. The SMILES string of the molecule is CC1(C)CC(NC(=O)Cc2ccsc2)CC(C)(C)N1[O]. The highest BCUT2D eigenvalue weighted by Crippen LogP contribution is 2.36. The molecule has 0 spiro atoms. The average Bonchev–Trinajstić information content (AvgIpc) is 2.77. The van der Waals surface area contributed by atoms with E-state index in [1.807, 2.05) is 44.5 Å². The third-order valence-corrected chi connectivity index (χ3v) is 4.63. The number of carbonyl (C=O) groups excluding carboxylic acids is 1. The van der Waals surface area contributed by atoms with Crippen molar-refractivity contribution in [2.24, 2.45) is 0 Å². The van der Waals surface area contributed by atoms with E-state index in [9.17, 15) is 10.0 Å². The molecule has 0 atom stereocenters. The van der Waals surface area contributed by atoms with Crippen LogP contribution in [-0.2, 0) is 16.4 Å². The largest absolute Gasteiger partial charge is 0.353 e. The van der Waals surface area contributed by atoms with Crippen LogP contribution in [0.1, 0.15) is 46.1 Å². The van der Waals surface area contributed by atoms with Gasteiger partial charge in [-0.15, -0.1) is 10.3 Å². The zero-order valence-corrected chi connectivity index (χ0v) is 13.4. The molecule has 5 heteroatoms. The molecule has 1 aliphatic rings. The Bertz CT molecular complexity index is 450. The second kappa shape index (κ2) is 5.47. The van der Waals surface area contributed by atoms with Crippen LogP contribution >= 0.6 is 11.3 Å². The van der Waals surface area contributed by atoms with E-state index in [1.165, 1.54) is 5.06 Å². The van der Waals surface area contributed by atoms with Gasteiger partial charge >= 0.3 is 0 Å². The summed E-state index contributed by atoms with van der Waals surface area (Å²) in [6, 6.07) is 2.04. The summed E-state index contributed by atoms with van der Waals surface area (Å²) < 4.78 is 0. The maximum absolute atomic E-state index is 12.3. The van der Waals surface area contributed by atoms with Crippen LogP contribution in [-0.4, -0.2) is 28.1 Å². The standard InChI is InChI=1S/C15H23N2O2S/c1-14(2)8-12(9-15(3,4)17(14)19)16-13(18)7-11-5-6-20-10-11/h5-6,10,12H,7-9H2,1-4H3,(H,16,18). The molecule has 0 saturated carbocycles. The molecule has 1 amide bonds. The molecule has 111 valence electrons. The van der Waals surface area contributed by atoms with Gasteiger partial charge in [0.15, 0.2) is 0 Å². The van der Waals surface area contributed by atoms with Crippen LogP contribution in [0.15, 0.2) is 16.8 Å². The van der Waals surface area contributed by atoms with E-state index in [1.54, 1.807) is 11.3 Å². The van der Waals surface area contributed by atoms with Gasteiger partial charge in [-0.1, -0.05) is 0 Å². The highest BCUT2D eigenvalue weighted by molar-refractivity contribution is 7.07. The zero-order chi connectivity index (χ0) is 15.0. The van der Waals surface area contributed by atoms with Crippen molar-refractivity contribution in [2.45, 2.75) is 64.1 Å². The summed E-state index contributed by atoms with van der Waals surface area (Å²) in [5.74, 6) is 0.0411. The van der Waals surface area contributed by atoms with Crippen molar-refractivity contribution in [3.8, 4) is 0 Å². The Balaban J connectivity index is 1.98. The number of hydroxylamine groups is 2. The lowest BCUT2D eigenvalue weighted by Gasteiger charge is -2.50. The molecule has 0 aromatic carbocycles. The molecule has 1 fully saturated rings. The molecular formula is C15H23N2O2S. The summed E-state index contributed by atoms with van der Waals surface area (Å²) in [6.07, 6.45) is 1.80.